The molecule has 2 N–H and O–H groups in total. The van der Waals surface area contributed by atoms with Crippen LogP contribution in [0.3, 0.4) is 0 Å². The van der Waals surface area contributed by atoms with Crippen molar-refractivity contribution in [2.75, 3.05) is 6.54 Å². The van der Waals surface area contributed by atoms with Crippen molar-refractivity contribution in [3.05, 3.63) is 63.1 Å². The summed E-state index contributed by atoms with van der Waals surface area (Å²) >= 11 is 0. The molecule has 1 aromatic carbocycles. The molecule has 6 heteroatoms. The van der Waals surface area contributed by atoms with Gasteiger partial charge in [0.25, 0.3) is 11.5 Å². The number of benzene rings is 1. The van der Waals surface area contributed by atoms with Crippen LogP contribution in [-0.4, -0.2) is 28.1 Å². The molecule has 6 nitrogen and oxygen atoms in total. The summed E-state index contributed by atoms with van der Waals surface area (Å²) in [7, 11) is 0. The average Bonchev–Trinajstić information content (AvgIpc) is 2.47. The number of nitrogens with one attached hydrogen (secondary N) is 1. The first-order chi connectivity index (χ1) is 10.5. The van der Waals surface area contributed by atoms with Gasteiger partial charge in [0.1, 0.15) is 5.56 Å². The number of carboxylic acid groups (broad SMARTS) is 1. The SMILES string of the molecule is Cc1ccn(-c2ccc3c(c2)C(=O)NCC3)c(=O)c1C(=O)O. The molecule has 0 saturated heterocycles. The summed E-state index contributed by atoms with van der Waals surface area (Å²) in [5, 5.41) is 11.9. The third-order valence-corrected chi connectivity index (χ3v) is 3.81. The maximum Gasteiger partial charge on any atom is 0.341 e. The molecule has 2 heterocycles. The fourth-order valence-corrected chi connectivity index (χ4v) is 2.64. The van der Waals surface area contributed by atoms with Crippen LogP contribution in [0, 0.1) is 6.92 Å². The standard InChI is InChI=1S/C16H14N2O4/c1-9-5-7-18(15(20)13(9)16(21)22)11-3-2-10-4-6-17-14(19)12(10)8-11/h2-3,5,7-8H,4,6H2,1H3,(H,17,19)(H,21,22). The molecule has 0 atom stereocenters. The number of aryl methyl sites for hydroxylation is 1. The van der Waals surface area contributed by atoms with E-state index in [1.165, 1.54) is 10.8 Å². The van der Waals surface area contributed by atoms with Crippen molar-refractivity contribution in [2.24, 2.45) is 0 Å². The second-order valence-electron chi connectivity index (χ2n) is 5.20. The van der Waals surface area contributed by atoms with Crippen LogP contribution in [0.5, 0.6) is 0 Å². The first kappa shape index (κ1) is 14.1. The minimum atomic E-state index is -1.26. The van der Waals surface area contributed by atoms with Crippen LogP contribution in [0.15, 0.2) is 35.3 Å². The van der Waals surface area contributed by atoms with E-state index in [0.717, 1.165) is 12.0 Å². The Labute approximate surface area is 126 Å². The summed E-state index contributed by atoms with van der Waals surface area (Å²) in [5.74, 6) is -1.44. The van der Waals surface area contributed by atoms with Crippen LogP contribution in [0.2, 0.25) is 0 Å². The van der Waals surface area contributed by atoms with E-state index in [2.05, 4.69) is 5.32 Å². The number of hydrogen-bond donors (Lipinski definition) is 2. The highest BCUT2D eigenvalue weighted by Gasteiger charge is 2.19. The Kier molecular flexibility index (Phi) is 3.29. The lowest BCUT2D eigenvalue weighted by molar-refractivity contribution is 0.0693. The number of carboxylic acids is 1. The number of aromatic nitrogens is 1. The van der Waals surface area contributed by atoms with E-state index in [-0.39, 0.29) is 11.5 Å². The number of hydrogen-bond acceptors (Lipinski definition) is 3. The molecule has 112 valence electrons. The fourth-order valence-electron chi connectivity index (χ4n) is 2.64. The predicted octanol–water partition coefficient (Wildman–Crippen LogP) is 1.13. The smallest absolute Gasteiger partial charge is 0.341 e. The largest absolute Gasteiger partial charge is 0.477 e. The van der Waals surface area contributed by atoms with E-state index in [4.69, 9.17) is 0 Å². The van der Waals surface area contributed by atoms with Gasteiger partial charge >= 0.3 is 5.97 Å². The molecule has 3 rings (SSSR count). The van der Waals surface area contributed by atoms with Crippen molar-refractivity contribution in [3.63, 3.8) is 0 Å². The first-order valence-corrected chi connectivity index (χ1v) is 6.86. The van der Waals surface area contributed by atoms with Crippen molar-refractivity contribution in [2.45, 2.75) is 13.3 Å². The summed E-state index contributed by atoms with van der Waals surface area (Å²) in [6.45, 7) is 2.17. The number of carbonyl (C=O) groups is 2. The number of rotatable bonds is 2. The molecule has 0 radical (unpaired) electrons. The predicted molar refractivity (Wildman–Crippen MR) is 79.8 cm³/mol. The minimum Gasteiger partial charge on any atom is -0.477 e. The summed E-state index contributed by atoms with van der Waals surface area (Å²) in [5.41, 5.74) is 1.46. The Morgan fingerprint density at radius 1 is 1.27 bits per heavy atom. The number of aromatic carboxylic acids is 1. The van der Waals surface area contributed by atoms with Crippen LogP contribution in [-0.2, 0) is 6.42 Å². The zero-order chi connectivity index (χ0) is 15.9. The normalized spacial score (nSPS) is 13.4. The van der Waals surface area contributed by atoms with E-state index in [9.17, 15) is 19.5 Å². The van der Waals surface area contributed by atoms with E-state index in [0.29, 0.717) is 23.4 Å². The van der Waals surface area contributed by atoms with Gasteiger partial charge in [-0.05, 0) is 42.7 Å². The van der Waals surface area contributed by atoms with Crippen molar-refractivity contribution in [3.8, 4) is 5.69 Å². The molecule has 1 aliphatic rings. The molecule has 1 aromatic heterocycles. The third-order valence-electron chi connectivity index (χ3n) is 3.81. The molecule has 0 fully saturated rings. The van der Waals surface area contributed by atoms with Gasteiger partial charge in [-0.2, -0.15) is 0 Å². The van der Waals surface area contributed by atoms with Crippen molar-refractivity contribution in [1.29, 1.82) is 0 Å². The van der Waals surface area contributed by atoms with Crippen LogP contribution < -0.4 is 10.9 Å². The summed E-state index contributed by atoms with van der Waals surface area (Å²) in [6.07, 6.45) is 2.26. The van der Waals surface area contributed by atoms with Crippen molar-refractivity contribution < 1.29 is 14.7 Å². The Morgan fingerprint density at radius 2 is 2.05 bits per heavy atom. The molecular weight excluding hydrogens is 284 g/mol. The lowest BCUT2D eigenvalue weighted by atomic mass is 9.99. The molecule has 0 aliphatic carbocycles. The summed E-state index contributed by atoms with van der Waals surface area (Å²) in [4.78, 5) is 35.5. The molecule has 22 heavy (non-hydrogen) atoms. The highest BCUT2D eigenvalue weighted by atomic mass is 16.4. The van der Waals surface area contributed by atoms with Crippen molar-refractivity contribution >= 4 is 11.9 Å². The zero-order valence-electron chi connectivity index (χ0n) is 11.9. The van der Waals surface area contributed by atoms with Gasteiger partial charge in [-0.25, -0.2) is 4.79 Å². The molecular formula is C16H14N2O4. The highest BCUT2D eigenvalue weighted by molar-refractivity contribution is 5.97. The van der Waals surface area contributed by atoms with Gasteiger partial charge in [0.05, 0.1) is 0 Å². The van der Waals surface area contributed by atoms with E-state index >= 15 is 0 Å². The molecule has 0 unspecified atom stereocenters. The zero-order valence-corrected chi connectivity index (χ0v) is 11.9. The first-order valence-electron chi connectivity index (χ1n) is 6.86. The number of pyridine rings is 1. The van der Waals surface area contributed by atoms with Crippen LogP contribution >= 0.6 is 0 Å². The summed E-state index contributed by atoms with van der Waals surface area (Å²) < 4.78 is 1.25. The van der Waals surface area contributed by atoms with Crippen LogP contribution in [0.1, 0.15) is 31.8 Å². The van der Waals surface area contributed by atoms with Crippen molar-refractivity contribution in [1.82, 2.24) is 9.88 Å². The quantitative estimate of drug-likeness (QED) is 0.870. The number of fused-ring (bicyclic) bond motifs is 1. The molecule has 0 bridgehead atoms. The maximum atomic E-state index is 12.4. The van der Waals surface area contributed by atoms with Gasteiger partial charge in [0, 0.05) is 24.0 Å². The molecule has 2 aromatic rings. The highest BCUT2D eigenvalue weighted by Crippen LogP contribution is 2.18. The lowest BCUT2D eigenvalue weighted by Gasteiger charge is -2.18. The van der Waals surface area contributed by atoms with Gasteiger partial charge in [-0.1, -0.05) is 6.07 Å². The Bertz CT molecular complexity index is 852. The molecule has 1 aliphatic heterocycles. The second kappa shape index (κ2) is 5.14. The van der Waals surface area contributed by atoms with E-state index in [1.807, 2.05) is 0 Å². The third kappa shape index (κ3) is 2.18. The van der Waals surface area contributed by atoms with Gasteiger partial charge in [0.2, 0.25) is 0 Å². The number of amides is 1. The van der Waals surface area contributed by atoms with E-state index in [1.54, 1.807) is 31.2 Å². The maximum absolute atomic E-state index is 12.4. The van der Waals surface area contributed by atoms with Gasteiger partial charge < -0.3 is 10.4 Å². The number of nitrogens with zero attached hydrogens (tertiary/aromatic N) is 1. The van der Waals surface area contributed by atoms with E-state index < -0.39 is 11.5 Å². The monoisotopic (exact) mass is 298 g/mol. The Hall–Kier alpha value is -2.89. The number of carbonyl (C=O) groups excluding carboxylic acids is 1. The molecule has 1 amide bonds. The molecule has 0 saturated carbocycles. The van der Waals surface area contributed by atoms with Gasteiger partial charge in [-0.15, -0.1) is 0 Å². The topological polar surface area (TPSA) is 88.4 Å². The lowest BCUT2D eigenvalue weighted by Crippen LogP contribution is -2.32. The average molecular weight is 298 g/mol. The molecule has 0 spiro atoms. The van der Waals surface area contributed by atoms with Crippen LogP contribution in [0.4, 0.5) is 0 Å². The van der Waals surface area contributed by atoms with Gasteiger partial charge in [-0.3, -0.25) is 14.2 Å². The van der Waals surface area contributed by atoms with Gasteiger partial charge in [0.15, 0.2) is 0 Å². The Morgan fingerprint density at radius 3 is 2.77 bits per heavy atom. The van der Waals surface area contributed by atoms with Crippen LogP contribution in [0.25, 0.3) is 5.69 Å². The Balaban J connectivity index is 2.19. The summed E-state index contributed by atoms with van der Waals surface area (Å²) in [6, 6.07) is 6.71. The minimum absolute atomic E-state index is 0.179. The second-order valence-corrected chi connectivity index (χ2v) is 5.20. The fraction of sp³-hybridized carbons (Fsp3) is 0.188.